The molecule has 22 heavy (non-hydrogen) atoms. The molecule has 4 rings (SSSR count). The molecule has 0 aromatic carbocycles. The molecular weight excluding hydrogens is 280 g/mol. The van der Waals surface area contributed by atoms with Crippen LogP contribution in [-0.4, -0.2) is 38.8 Å². The van der Waals surface area contributed by atoms with Gasteiger partial charge in [0.2, 0.25) is 0 Å². The summed E-state index contributed by atoms with van der Waals surface area (Å²) in [7, 11) is 1.93. The van der Waals surface area contributed by atoms with Crippen LogP contribution in [0.5, 0.6) is 0 Å². The first-order chi connectivity index (χ1) is 10.7. The summed E-state index contributed by atoms with van der Waals surface area (Å²) in [5.74, 6) is 1.03. The van der Waals surface area contributed by atoms with Gasteiger partial charge in [0, 0.05) is 32.3 Å². The van der Waals surface area contributed by atoms with Gasteiger partial charge in [0.15, 0.2) is 0 Å². The Bertz CT molecular complexity index is 686. The van der Waals surface area contributed by atoms with Crippen LogP contribution < -0.4 is 0 Å². The third-order valence-corrected chi connectivity index (χ3v) is 4.65. The maximum Gasteiger partial charge on any atom is 0.259 e. The number of hydrogen-bond acceptors (Lipinski definition) is 4. The number of likely N-dealkylation sites (tertiary alicyclic amines) is 1. The lowest BCUT2D eigenvalue weighted by molar-refractivity contribution is 0.0785. The van der Waals surface area contributed by atoms with Crippen LogP contribution in [0.4, 0.5) is 0 Å². The van der Waals surface area contributed by atoms with Gasteiger partial charge in [-0.3, -0.25) is 9.48 Å². The molecule has 1 aliphatic carbocycles. The van der Waals surface area contributed by atoms with Gasteiger partial charge in [0.05, 0.1) is 11.9 Å². The zero-order valence-corrected chi connectivity index (χ0v) is 12.7. The molecule has 2 aromatic heterocycles. The van der Waals surface area contributed by atoms with Crippen molar-refractivity contribution in [2.75, 3.05) is 13.1 Å². The second-order valence-corrected chi connectivity index (χ2v) is 6.52. The predicted molar refractivity (Wildman–Crippen MR) is 79.4 cm³/mol. The van der Waals surface area contributed by atoms with Crippen molar-refractivity contribution in [2.45, 2.75) is 31.6 Å². The largest absolute Gasteiger partial charge is 0.364 e. The van der Waals surface area contributed by atoms with E-state index in [0.29, 0.717) is 17.4 Å². The van der Waals surface area contributed by atoms with Crippen molar-refractivity contribution < 1.29 is 9.32 Å². The molecule has 1 atom stereocenters. The van der Waals surface area contributed by atoms with E-state index in [1.54, 1.807) is 0 Å². The van der Waals surface area contributed by atoms with Gasteiger partial charge in [0.1, 0.15) is 11.8 Å². The van der Waals surface area contributed by atoms with Crippen LogP contribution in [0.25, 0.3) is 0 Å². The third kappa shape index (κ3) is 2.53. The zero-order chi connectivity index (χ0) is 15.1. The molecule has 1 saturated heterocycles. The fourth-order valence-electron chi connectivity index (χ4n) is 3.32. The first kappa shape index (κ1) is 13.5. The van der Waals surface area contributed by atoms with Crippen molar-refractivity contribution in [1.82, 2.24) is 19.8 Å². The van der Waals surface area contributed by atoms with Crippen LogP contribution in [-0.2, 0) is 13.5 Å². The predicted octanol–water partition coefficient (Wildman–Crippen LogP) is 1.99. The number of amides is 1. The van der Waals surface area contributed by atoms with Crippen molar-refractivity contribution >= 4 is 5.91 Å². The number of carbonyl (C=O) groups is 1. The molecule has 6 heteroatoms. The average Bonchev–Trinajstić information content (AvgIpc) is 2.93. The summed E-state index contributed by atoms with van der Waals surface area (Å²) >= 11 is 0. The summed E-state index contributed by atoms with van der Waals surface area (Å²) in [6, 6.07) is 0. The summed E-state index contributed by atoms with van der Waals surface area (Å²) in [4.78, 5) is 14.6. The van der Waals surface area contributed by atoms with E-state index in [9.17, 15) is 4.79 Å². The molecule has 1 saturated carbocycles. The maximum atomic E-state index is 12.7. The molecule has 0 bridgehead atoms. The molecule has 3 heterocycles. The zero-order valence-electron chi connectivity index (χ0n) is 12.7. The maximum absolute atomic E-state index is 12.7. The van der Waals surface area contributed by atoms with Gasteiger partial charge in [-0.2, -0.15) is 5.10 Å². The minimum Gasteiger partial charge on any atom is -0.364 e. The summed E-state index contributed by atoms with van der Waals surface area (Å²) < 4.78 is 6.87. The number of nitrogens with zero attached hydrogens (tertiary/aromatic N) is 4. The highest BCUT2D eigenvalue weighted by atomic mass is 16.5. The SMILES string of the molecule is Cn1cc(CC2CCN(C(=O)c3conc3C3CC3)C2)cn1. The van der Waals surface area contributed by atoms with Gasteiger partial charge >= 0.3 is 0 Å². The number of aryl methyl sites for hydroxylation is 1. The first-order valence-electron chi connectivity index (χ1n) is 7.92. The summed E-state index contributed by atoms with van der Waals surface area (Å²) in [6.07, 6.45) is 9.75. The van der Waals surface area contributed by atoms with Crippen molar-refractivity contribution in [1.29, 1.82) is 0 Å². The van der Waals surface area contributed by atoms with Crippen molar-refractivity contribution in [3.05, 3.63) is 35.5 Å². The Morgan fingerprint density at radius 3 is 3.00 bits per heavy atom. The van der Waals surface area contributed by atoms with E-state index in [0.717, 1.165) is 44.5 Å². The lowest BCUT2D eigenvalue weighted by atomic mass is 10.0. The highest BCUT2D eigenvalue weighted by Crippen LogP contribution is 2.41. The second kappa shape index (κ2) is 5.26. The van der Waals surface area contributed by atoms with E-state index in [1.807, 2.05) is 22.8 Å². The van der Waals surface area contributed by atoms with E-state index in [4.69, 9.17) is 4.52 Å². The van der Waals surface area contributed by atoms with E-state index in [-0.39, 0.29) is 5.91 Å². The highest BCUT2D eigenvalue weighted by Gasteiger charge is 2.35. The van der Waals surface area contributed by atoms with Crippen molar-refractivity contribution in [3.63, 3.8) is 0 Å². The molecule has 1 unspecified atom stereocenters. The first-order valence-corrected chi connectivity index (χ1v) is 7.92. The third-order valence-electron chi connectivity index (χ3n) is 4.65. The van der Waals surface area contributed by atoms with E-state index in [1.165, 1.54) is 11.8 Å². The molecule has 2 aromatic rings. The van der Waals surface area contributed by atoms with Gasteiger partial charge in [0.25, 0.3) is 5.91 Å². The van der Waals surface area contributed by atoms with Gasteiger partial charge in [-0.05, 0) is 37.2 Å². The quantitative estimate of drug-likeness (QED) is 0.866. The average molecular weight is 300 g/mol. The molecule has 1 amide bonds. The molecule has 2 fully saturated rings. The molecule has 0 N–H and O–H groups in total. The monoisotopic (exact) mass is 300 g/mol. The molecule has 2 aliphatic rings. The lowest BCUT2D eigenvalue weighted by Gasteiger charge is -2.16. The molecule has 0 spiro atoms. The fourth-order valence-corrected chi connectivity index (χ4v) is 3.32. The number of aromatic nitrogens is 3. The molecule has 1 aliphatic heterocycles. The molecule has 6 nitrogen and oxygen atoms in total. The number of carbonyl (C=O) groups excluding carboxylic acids is 1. The highest BCUT2D eigenvalue weighted by molar-refractivity contribution is 5.95. The smallest absolute Gasteiger partial charge is 0.259 e. The Labute approximate surface area is 129 Å². The molecular formula is C16H20N4O2. The molecule has 0 radical (unpaired) electrons. The Morgan fingerprint density at radius 2 is 2.27 bits per heavy atom. The Hall–Kier alpha value is -2.11. The van der Waals surface area contributed by atoms with E-state index >= 15 is 0 Å². The van der Waals surface area contributed by atoms with Crippen LogP contribution in [0, 0.1) is 5.92 Å². The fraction of sp³-hybridized carbons (Fsp3) is 0.562. The lowest BCUT2D eigenvalue weighted by Crippen LogP contribution is -2.29. The summed E-state index contributed by atoms with van der Waals surface area (Å²) in [6.45, 7) is 1.63. The normalized spacial score (nSPS) is 21.5. The summed E-state index contributed by atoms with van der Waals surface area (Å²) in [5, 5.41) is 8.23. The van der Waals surface area contributed by atoms with Gasteiger partial charge in [-0.25, -0.2) is 0 Å². The standard InChI is InChI=1S/C16H20N4O2/c1-19-8-12(7-17-19)6-11-4-5-20(9-11)16(21)14-10-22-18-15(14)13-2-3-13/h7-8,10-11,13H,2-6,9H2,1H3. The van der Waals surface area contributed by atoms with Crippen LogP contribution in [0.2, 0.25) is 0 Å². The summed E-state index contributed by atoms with van der Waals surface area (Å²) in [5.41, 5.74) is 2.77. The molecule has 116 valence electrons. The van der Waals surface area contributed by atoms with Crippen LogP contribution >= 0.6 is 0 Å². The van der Waals surface area contributed by atoms with Crippen LogP contribution in [0.3, 0.4) is 0 Å². The minimum atomic E-state index is 0.0804. The minimum absolute atomic E-state index is 0.0804. The number of rotatable bonds is 4. The van der Waals surface area contributed by atoms with Gasteiger partial charge < -0.3 is 9.42 Å². The van der Waals surface area contributed by atoms with Crippen molar-refractivity contribution in [2.24, 2.45) is 13.0 Å². The van der Waals surface area contributed by atoms with Gasteiger partial charge in [-0.1, -0.05) is 5.16 Å². The second-order valence-electron chi connectivity index (χ2n) is 6.52. The number of hydrogen-bond donors (Lipinski definition) is 0. The Kier molecular flexibility index (Phi) is 3.24. The Morgan fingerprint density at radius 1 is 1.41 bits per heavy atom. The Balaban J connectivity index is 1.41. The van der Waals surface area contributed by atoms with E-state index < -0.39 is 0 Å². The van der Waals surface area contributed by atoms with Crippen LogP contribution in [0.15, 0.2) is 23.2 Å². The van der Waals surface area contributed by atoms with Crippen molar-refractivity contribution in [3.8, 4) is 0 Å². The van der Waals surface area contributed by atoms with E-state index in [2.05, 4.69) is 16.5 Å². The van der Waals surface area contributed by atoms with Crippen LogP contribution in [0.1, 0.15) is 46.8 Å². The topological polar surface area (TPSA) is 64.2 Å². The van der Waals surface area contributed by atoms with Gasteiger partial charge in [-0.15, -0.1) is 0 Å².